The minimum Gasteiger partial charge on any atom is -0.388 e. The lowest BCUT2D eigenvalue weighted by atomic mass is 9.95. The van der Waals surface area contributed by atoms with Crippen LogP contribution in [-0.2, 0) is 4.79 Å². The molecule has 1 saturated heterocycles. The van der Waals surface area contributed by atoms with Gasteiger partial charge in [-0.1, -0.05) is 12.1 Å². The number of hydrogen-bond donors (Lipinski definition) is 1. The van der Waals surface area contributed by atoms with Crippen LogP contribution >= 0.6 is 11.8 Å². The Hall–Kier alpha value is -1.07. The van der Waals surface area contributed by atoms with Gasteiger partial charge in [0.25, 0.3) is 0 Å². The van der Waals surface area contributed by atoms with E-state index in [0.29, 0.717) is 30.2 Å². The van der Waals surface area contributed by atoms with Gasteiger partial charge >= 0.3 is 0 Å². The normalized spacial score (nSPS) is 22.9. The van der Waals surface area contributed by atoms with Gasteiger partial charge in [0, 0.05) is 30.2 Å². The summed E-state index contributed by atoms with van der Waals surface area (Å²) < 4.78 is 13.4. The highest BCUT2D eigenvalue weighted by molar-refractivity contribution is 7.99. The van der Waals surface area contributed by atoms with Gasteiger partial charge in [-0.15, -0.1) is 11.8 Å². The molecule has 1 fully saturated rings. The number of aliphatic hydroxyl groups is 1. The van der Waals surface area contributed by atoms with E-state index in [4.69, 9.17) is 0 Å². The Morgan fingerprint density at radius 1 is 1.50 bits per heavy atom. The average Bonchev–Trinajstić information content (AvgIpc) is 2.39. The van der Waals surface area contributed by atoms with Gasteiger partial charge in [-0.2, -0.15) is 0 Å². The summed E-state index contributed by atoms with van der Waals surface area (Å²) >= 11 is 1.35. The molecule has 1 aliphatic heterocycles. The third kappa shape index (κ3) is 4.21. The number of carbonyl (C=O) groups is 1. The number of carbonyl (C=O) groups excluding carboxylic acids is 1. The van der Waals surface area contributed by atoms with E-state index >= 15 is 0 Å². The first-order valence-corrected chi connectivity index (χ1v) is 7.84. The van der Waals surface area contributed by atoms with Gasteiger partial charge in [0.15, 0.2) is 0 Å². The number of benzene rings is 1. The lowest BCUT2D eigenvalue weighted by Gasteiger charge is -2.36. The van der Waals surface area contributed by atoms with Crippen molar-refractivity contribution in [3.8, 4) is 0 Å². The highest BCUT2D eigenvalue weighted by atomic mass is 32.2. The van der Waals surface area contributed by atoms with Crippen LogP contribution in [0.4, 0.5) is 4.39 Å². The molecule has 5 heteroatoms. The van der Waals surface area contributed by atoms with E-state index in [1.165, 1.54) is 17.8 Å². The third-order valence-electron chi connectivity index (χ3n) is 3.44. The van der Waals surface area contributed by atoms with Gasteiger partial charge < -0.3 is 10.0 Å². The van der Waals surface area contributed by atoms with Crippen LogP contribution < -0.4 is 0 Å². The fourth-order valence-electron chi connectivity index (χ4n) is 2.40. The average molecular weight is 297 g/mol. The van der Waals surface area contributed by atoms with E-state index in [-0.39, 0.29) is 11.7 Å². The molecule has 2 rings (SSSR count). The van der Waals surface area contributed by atoms with Crippen molar-refractivity contribution in [3.05, 3.63) is 30.1 Å². The molecular formula is C15H20FNO2S. The third-order valence-corrected chi connectivity index (χ3v) is 4.49. The number of β-amino-alcohol motifs (C(OH)–C–C–N with tert-alkyl or cyclic N) is 1. The number of piperidine rings is 1. The maximum absolute atomic E-state index is 13.4. The lowest BCUT2D eigenvalue weighted by molar-refractivity contribution is -0.137. The number of halogens is 1. The maximum atomic E-state index is 13.4. The number of likely N-dealkylation sites (tertiary alicyclic amines) is 1. The predicted octanol–water partition coefficient (Wildman–Crippen LogP) is 2.68. The summed E-state index contributed by atoms with van der Waals surface area (Å²) in [7, 11) is 0. The van der Waals surface area contributed by atoms with Crippen LogP contribution in [0.2, 0.25) is 0 Å². The molecule has 1 unspecified atom stereocenters. The maximum Gasteiger partial charge on any atom is 0.223 e. The minimum atomic E-state index is -0.771. The van der Waals surface area contributed by atoms with Crippen molar-refractivity contribution in [2.24, 2.45) is 0 Å². The van der Waals surface area contributed by atoms with Gasteiger partial charge in [0.2, 0.25) is 5.91 Å². The zero-order chi connectivity index (χ0) is 14.6. The summed E-state index contributed by atoms with van der Waals surface area (Å²) in [6.07, 6.45) is 1.94. The van der Waals surface area contributed by atoms with Crippen molar-refractivity contribution in [2.75, 3.05) is 18.8 Å². The van der Waals surface area contributed by atoms with Crippen molar-refractivity contribution in [2.45, 2.75) is 36.7 Å². The Morgan fingerprint density at radius 3 is 2.95 bits per heavy atom. The second-order valence-electron chi connectivity index (χ2n) is 5.44. The molecule has 0 aromatic heterocycles. The number of rotatable bonds is 4. The molecule has 0 bridgehead atoms. The summed E-state index contributed by atoms with van der Waals surface area (Å²) in [6, 6.07) is 6.58. The Balaban J connectivity index is 1.79. The predicted molar refractivity (Wildman–Crippen MR) is 78.2 cm³/mol. The summed E-state index contributed by atoms with van der Waals surface area (Å²) in [5.74, 6) is 0.345. The zero-order valence-electron chi connectivity index (χ0n) is 11.6. The summed E-state index contributed by atoms with van der Waals surface area (Å²) in [6.45, 7) is 2.87. The van der Waals surface area contributed by atoms with Crippen LogP contribution in [0.15, 0.2) is 29.2 Å². The smallest absolute Gasteiger partial charge is 0.223 e. The first kappa shape index (κ1) is 15.3. The Bertz CT molecular complexity index is 479. The molecule has 0 aliphatic carbocycles. The number of thioether (sulfide) groups is 1. The second kappa shape index (κ2) is 6.59. The standard InChI is InChI=1S/C15H20FNO2S/c1-15(19)8-4-9-17(11-15)14(18)7-10-20-13-6-3-2-5-12(13)16/h2-3,5-6,19H,4,7-11H2,1H3. The monoisotopic (exact) mass is 297 g/mol. The first-order chi connectivity index (χ1) is 9.48. The van der Waals surface area contributed by atoms with Crippen LogP contribution in [0, 0.1) is 5.82 Å². The molecule has 20 heavy (non-hydrogen) atoms. The van der Waals surface area contributed by atoms with Crippen LogP contribution in [0.5, 0.6) is 0 Å². The molecule has 1 aromatic carbocycles. The van der Waals surface area contributed by atoms with E-state index in [1.807, 2.05) is 0 Å². The van der Waals surface area contributed by atoms with Crippen molar-refractivity contribution < 1.29 is 14.3 Å². The molecular weight excluding hydrogens is 277 g/mol. The highest BCUT2D eigenvalue weighted by Crippen LogP contribution is 2.24. The van der Waals surface area contributed by atoms with Gasteiger partial charge in [0.05, 0.1) is 5.60 Å². The quantitative estimate of drug-likeness (QED) is 0.869. The minimum absolute atomic E-state index is 0.0359. The van der Waals surface area contributed by atoms with Crippen molar-refractivity contribution in [3.63, 3.8) is 0 Å². The highest BCUT2D eigenvalue weighted by Gasteiger charge is 2.30. The topological polar surface area (TPSA) is 40.5 Å². The summed E-state index contributed by atoms with van der Waals surface area (Å²) in [5.41, 5.74) is -0.771. The van der Waals surface area contributed by atoms with Crippen LogP contribution in [-0.4, -0.2) is 40.4 Å². The number of hydrogen-bond acceptors (Lipinski definition) is 3. The Kier molecular flexibility index (Phi) is 5.05. The molecule has 110 valence electrons. The van der Waals surface area contributed by atoms with E-state index < -0.39 is 5.60 Å². The fourth-order valence-corrected chi connectivity index (χ4v) is 3.28. The number of nitrogens with zero attached hydrogens (tertiary/aromatic N) is 1. The van der Waals surface area contributed by atoms with E-state index in [1.54, 1.807) is 30.0 Å². The molecule has 1 amide bonds. The van der Waals surface area contributed by atoms with Crippen LogP contribution in [0.3, 0.4) is 0 Å². The van der Waals surface area contributed by atoms with E-state index in [2.05, 4.69) is 0 Å². The van der Waals surface area contributed by atoms with Gasteiger partial charge in [-0.05, 0) is 31.9 Å². The first-order valence-electron chi connectivity index (χ1n) is 6.85. The number of amides is 1. The molecule has 3 nitrogen and oxygen atoms in total. The summed E-state index contributed by atoms with van der Waals surface area (Å²) in [4.78, 5) is 14.4. The molecule has 1 atom stereocenters. The van der Waals surface area contributed by atoms with Gasteiger partial charge in [-0.25, -0.2) is 4.39 Å². The summed E-state index contributed by atoms with van der Waals surface area (Å²) in [5, 5.41) is 9.98. The molecule has 1 heterocycles. The molecule has 0 spiro atoms. The lowest BCUT2D eigenvalue weighted by Crippen LogP contribution is -2.48. The van der Waals surface area contributed by atoms with E-state index in [9.17, 15) is 14.3 Å². The fraction of sp³-hybridized carbons (Fsp3) is 0.533. The zero-order valence-corrected chi connectivity index (χ0v) is 12.5. The van der Waals surface area contributed by atoms with Crippen molar-refractivity contribution >= 4 is 17.7 Å². The Morgan fingerprint density at radius 2 is 2.25 bits per heavy atom. The largest absolute Gasteiger partial charge is 0.388 e. The molecule has 0 radical (unpaired) electrons. The Labute approximate surface area is 123 Å². The molecule has 0 saturated carbocycles. The van der Waals surface area contributed by atoms with Crippen LogP contribution in [0.1, 0.15) is 26.2 Å². The van der Waals surface area contributed by atoms with E-state index in [0.717, 1.165) is 12.8 Å². The molecule has 1 aliphatic rings. The van der Waals surface area contributed by atoms with Crippen LogP contribution in [0.25, 0.3) is 0 Å². The molecule has 1 aromatic rings. The van der Waals surface area contributed by atoms with Crippen molar-refractivity contribution in [1.82, 2.24) is 4.90 Å². The SMILES string of the molecule is CC1(O)CCCN(C(=O)CCSc2ccccc2F)C1. The molecule has 1 N–H and O–H groups in total. The van der Waals surface area contributed by atoms with Crippen molar-refractivity contribution in [1.29, 1.82) is 0 Å². The van der Waals surface area contributed by atoms with Gasteiger partial charge in [-0.3, -0.25) is 4.79 Å². The van der Waals surface area contributed by atoms with Gasteiger partial charge in [0.1, 0.15) is 5.82 Å². The second-order valence-corrected chi connectivity index (χ2v) is 6.58.